The number of rotatable bonds is 4. The van der Waals surface area contributed by atoms with Gasteiger partial charge in [-0.3, -0.25) is 24.5 Å². The maximum atomic E-state index is 13.2. The van der Waals surface area contributed by atoms with Gasteiger partial charge in [-0.05, 0) is 24.3 Å². The van der Waals surface area contributed by atoms with Crippen LogP contribution in [-0.4, -0.2) is 63.8 Å². The topological polar surface area (TPSA) is 121 Å². The van der Waals surface area contributed by atoms with Gasteiger partial charge in [-0.15, -0.1) is 11.3 Å². The first-order chi connectivity index (χ1) is 15.8. The summed E-state index contributed by atoms with van der Waals surface area (Å²) < 4.78 is 0.565. The molecule has 11 heteroatoms. The number of aliphatic carboxylic acids is 1. The summed E-state index contributed by atoms with van der Waals surface area (Å²) in [6.07, 6.45) is 4.57. The van der Waals surface area contributed by atoms with E-state index in [1.165, 1.54) is 12.1 Å². The van der Waals surface area contributed by atoms with E-state index in [4.69, 9.17) is 11.6 Å². The highest BCUT2D eigenvalue weighted by Crippen LogP contribution is 2.49. The maximum absolute atomic E-state index is 13.2. The van der Waals surface area contributed by atoms with Crippen molar-refractivity contribution in [2.24, 2.45) is 23.7 Å². The molecule has 2 heterocycles. The van der Waals surface area contributed by atoms with E-state index in [1.807, 2.05) is 12.2 Å². The van der Waals surface area contributed by atoms with Crippen molar-refractivity contribution in [3.63, 3.8) is 0 Å². The summed E-state index contributed by atoms with van der Waals surface area (Å²) in [6, 6.07) is 4.30. The van der Waals surface area contributed by atoms with E-state index in [1.54, 1.807) is 15.9 Å². The molecule has 1 aromatic heterocycles. The van der Waals surface area contributed by atoms with Crippen molar-refractivity contribution in [2.45, 2.75) is 6.42 Å². The number of carboxylic acids is 1. The summed E-state index contributed by atoms with van der Waals surface area (Å²) in [5.41, 5.74) is -0.0679. The second-order valence-corrected chi connectivity index (χ2v) is 10.1. The highest BCUT2D eigenvalue weighted by molar-refractivity contribution is 7.21. The van der Waals surface area contributed by atoms with Crippen LogP contribution in [0.15, 0.2) is 30.4 Å². The average Bonchev–Trinajstić information content (AvgIpc) is 3.51. The average molecular weight is 490 g/mol. The molecule has 2 bridgehead atoms. The number of allylic oxidation sites excluding steroid dienone is 2. The lowest BCUT2D eigenvalue weighted by molar-refractivity contribution is -0.384. The van der Waals surface area contributed by atoms with E-state index >= 15 is 0 Å². The number of halogens is 1. The summed E-state index contributed by atoms with van der Waals surface area (Å²) in [7, 11) is 0. The molecule has 2 fully saturated rings. The Balaban J connectivity index is 1.28. The molecule has 0 unspecified atom stereocenters. The Bertz CT molecular complexity index is 1220. The first-order valence-corrected chi connectivity index (χ1v) is 11.8. The molecular formula is C22H20ClN3O6S. The van der Waals surface area contributed by atoms with Gasteiger partial charge in [0, 0.05) is 48.4 Å². The number of carbonyl (C=O) groups excluding carboxylic acids is 2. The van der Waals surface area contributed by atoms with Crippen molar-refractivity contribution in [3.05, 3.63) is 50.4 Å². The number of hydrogen-bond donors (Lipinski definition) is 1. The molecule has 0 radical (unpaired) electrons. The largest absolute Gasteiger partial charge is 0.481 e. The molecule has 2 amide bonds. The van der Waals surface area contributed by atoms with Crippen molar-refractivity contribution in [1.82, 2.24) is 9.80 Å². The second-order valence-electron chi connectivity index (χ2n) is 8.64. The molecule has 5 rings (SSSR count). The minimum atomic E-state index is -0.932. The van der Waals surface area contributed by atoms with Crippen molar-refractivity contribution >= 4 is 56.5 Å². The fourth-order valence-electron chi connectivity index (χ4n) is 5.28. The minimum absolute atomic E-state index is 0.0373. The number of amides is 2. The van der Waals surface area contributed by atoms with Crippen LogP contribution in [0.2, 0.25) is 5.02 Å². The first-order valence-electron chi connectivity index (χ1n) is 10.6. The number of piperazine rings is 1. The second kappa shape index (κ2) is 8.11. The summed E-state index contributed by atoms with van der Waals surface area (Å²) in [6.45, 7) is 1.26. The van der Waals surface area contributed by atoms with E-state index in [0.717, 1.165) is 11.3 Å². The summed E-state index contributed by atoms with van der Waals surface area (Å²) >= 11 is 7.53. The zero-order valence-electron chi connectivity index (χ0n) is 17.3. The highest BCUT2D eigenvalue weighted by atomic mass is 35.5. The lowest BCUT2D eigenvalue weighted by Gasteiger charge is -2.37. The van der Waals surface area contributed by atoms with Crippen molar-refractivity contribution in [2.75, 3.05) is 26.2 Å². The monoisotopic (exact) mass is 489 g/mol. The number of non-ortho nitro benzene ring substituents is 1. The van der Waals surface area contributed by atoms with E-state index in [-0.39, 0.29) is 34.4 Å². The van der Waals surface area contributed by atoms with E-state index < -0.39 is 22.7 Å². The van der Waals surface area contributed by atoms with Gasteiger partial charge < -0.3 is 14.9 Å². The van der Waals surface area contributed by atoms with E-state index in [9.17, 15) is 29.6 Å². The van der Waals surface area contributed by atoms with Crippen LogP contribution < -0.4 is 0 Å². The minimum Gasteiger partial charge on any atom is -0.481 e. The Kier molecular flexibility index (Phi) is 5.37. The number of nitro groups is 1. The van der Waals surface area contributed by atoms with Gasteiger partial charge in [0.1, 0.15) is 4.88 Å². The number of fused-ring (bicyclic) bond motifs is 3. The molecule has 2 aromatic rings. The van der Waals surface area contributed by atoms with Gasteiger partial charge in [0.25, 0.3) is 11.6 Å². The van der Waals surface area contributed by atoms with Gasteiger partial charge in [-0.1, -0.05) is 23.8 Å². The maximum Gasteiger partial charge on any atom is 0.307 e. The fraction of sp³-hybridized carbons (Fsp3) is 0.409. The summed E-state index contributed by atoms with van der Waals surface area (Å²) in [4.78, 5) is 52.2. The zero-order valence-corrected chi connectivity index (χ0v) is 18.9. The first kappa shape index (κ1) is 21.8. The molecule has 1 aromatic carbocycles. The lowest BCUT2D eigenvalue weighted by Crippen LogP contribution is -2.53. The molecule has 1 aliphatic heterocycles. The van der Waals surface area contributed by atoms with Crippen LogP contribution in [0, 0.1) is 33.8 Å². The van der Waals surface area contributed by atoms with Crippen LogP contribution in [-0.2, 0) is 9.59 Å². The molecule has 172 valence electrons. The number of carbonyl (C=O) groups is 3. The number of benzene rings is 1. The lowest BCUT2D eigenvalue weighted by atomic mass is 9.82. The molecule has 4 atom stereocenters. The van der Waals surface area contributed by atoms with Gasteiger partial charge in [0.2, 0.25) is 5.91 Å². The predicted molar refractivity (Wildman–Crippen MR) is 121 cm³/mol. The Hall–Kier alpha value is -2.98. The molecule has 2 aliphatic carbocycles. The molecule has 33 heavy (non-hydrogen) atoms. The molecule has 1 saturated carbocycles. The van der Waals surface area contributed by atoms with E-state index in [2.05, 4.69) is 0 Å². The Morgan fingerprint density at radius 1 is 1.06 bits per heavy atom. The van der Waals surface area contributed by atoms with Gasteiger partial charge in [0.15, 0.2) is 0 Å². The third-order valence-electron chi connectivity index (χ3n) is 6.93. The van der Waals surface area contributed by atoms with Crippen LogP contribution in [0.4, 0.5) is 5.69 Å². The van der Waals surface area contributed by atoms with Crippen LogP contribution in [0.25, 0.3) is 10.1 Å². The van der Waals surface area contributed by atoms with Crippen LogP contribution in [0.3, 0.4) is 0 Å². The zero-order chi connectivity index (χ0) is 23.4. The Labute approximate surface area is 197 Å². The van der Waals surface area contributed by atoms with Crippen molar-refractivity contribution in [3.8, 4) is 0 Å². The number of carboxylic acid groups (broad SMARTS) is 1. The highest BCUT2D eigenvalue weighted by Gasteiger charge is 2.52. The standard InChI is InChI=1S/C22H20ClN3O6S/c23-18-14-4-3-13(26(31)32)10-15(14)33-19(18)21(28)25-7-5-24(6-8-25)20(27)16-11-1-2-12(9-11)17(16)22(29)30/h1-4,10-12,16-17H,5-9H2,(H,29,30)/t11-,12+,16-,17+/m0/s1. The van der Waals surface area contributed by atoms with Crippen LogP contribution in [0.1, 0.15) is 16.1 Å². The third kappa shape index (κ3) is 3.57. The Morgan fingerprint density at radius 2 is 1.70 bits per heavy atom. The van der Waals surface area contributed by atoms with Crippen molar-refractivity contribution in [1.29, 1.82) is 0 Å². The molecule has 9 nitrogen and oxygen atoms in total. The SMILES string of the molecule is O=C(O)[C@H]1[C@@H](C(=O)N2CCN(C(=O)c3sc4cc([N+](=O)[O-])ccc4c3Cl)CC2)[C@H]2C=C[C@@H]1C2. The fourth-order valence-corrected chi connectivity index (χ4v) is 6.80. The quantitative estimate of drug-likeness (QED) is 0.399. The molecule has 1 saturated heterocycles. The molecule has 3 aliphatic rings. The molecule has 0 spiro atoms. The molecule has 1 N–H and O–H groups in total. The van der Waals surface area contributed by atoms with Gasteiger partial charge >= 0.3 is 5.97 Å². The van der Waals surface area contributed by atoms with Gasteiger partial charge in [-0.2, -0.15) is 0 Å². The molecular weight excluding hydrogens is 470 g/mol. The van der Waals surface area contributed by atoms with Gasteiger partial charge in [-0.25, -0.2) is 0 Å². The third-order valence-corrected chi connectivity index (χ3v) is 8.57. The number of thiophene rings is 1. The number of hydrogen-bond acceptors (Lipinski definition) is 6. The van der Waals surface area contributed by atoms with Gasteiger partial charge in [0.05, 0.1) is 21.8 Å². The van der Waals surface area contributed by atoms with Crippen molar-refractivity contribution < 1.29 is 24.4 Å². The Morgan fingerprint density at radius 3 is 2.33 bits per heavy atom. The van der Waals surface area contributed by atoms with Crippen LogP contribution >= 0.6 is 22.9 Å². The summed E-state index contributed by atoms with van der Waals surface area (Å²) in [5.74, 6) is -2.72. The predicted octanol–water partition coefficient (Wildman–Crippen LogP) is 3.27. The normalized spacial score (nSPS) is 26.2. The van der Waals surface area contributed by atoms with Crippen LogP contribution in [0.5, 0.6) is 0 Å². The van der Waals surface area contributed by atoms with E-state index in [0.29, 0.717) is 47.6 Å². The number of nitro benzene ring substituents is 1. The smallest absolute Gasteiger partial charge is 0.307 e. The summed E-state index contributed by atoms with van der Waals surface area (Å²) in [5, 5.41) is 21.5. The number of nitrogens with zero attached hydrogens (tertiary/aromatic N) is 3.